The van der Waals surface area contributed by atoms with E-state index in [0.29, 0.717) is 25.8 Å². The highest BCUT2D eigenvalue weighted by Crippen LogP contribution is 2.07. The molecule has 0 aliphatic rings. The molecule has 0 saturated heterocycles. The zero-order chi connectivity index (χ0) is 14.8. The molecule has 0 fully saturated rings. The van der Waals surface area contributed by atoms with Crippen molar-refractivity contribution in [3.63, 3.8) is 0 Å². The van der Waals surface area contributed by atoms with Crippen molar-refractivity contribution in [2.45, 2.75) is 0 Å². The second-order valence-electron chi connectivity index (χ2n) is 4.04. The molecule has 6 nitrogen and oxygen atoms in total. The van der Waals surface area contributed by atoms with Gasteiger partial charge in [-0.2, -0.15) is 0 Å². The van der Waals surface area contributed by atoms with Crippen LogP contribution in [0.2, 0.25) is 0 Å². The summed E-state index contributed by atoms with van der Waals surface area (Å²) in [5.74, 6) is 0. The van der Waals surface area contributed by atoms with Gasteiger partial charge in [0.05, 0.1) is 26.0 Å². The fourth-order valence-electron chi connectivity index (χ4n) is 1.47. The molecular weight excluding hydrogens is 270 g/mol. The summed E-state index contributed by atoms with van der Waals surface area (Å²) in [5.41, 5.74) is 1.85. The third-order valence-electron chi connectivity index (χ3n) is 2.45. The predicted octanol–water partition coefficient (Wildman–Crippen LogP) is 1.23. The summed E-state index contributed by atoms with van der Waals surface area (Å²) in [6.07, 6.45) is 11.6. The molecule has 2 heterocycles. The van der Waals surface area contributed by atoms with Gasteiger partial charge in [-0.15, -0.1) is 0 Å². The lowest BCUT2D eigenvalue weighted by atomic mass is 10.2. The highest BCUT2D eigenvalue weighted by Gasteiger charge is 1.97. The molecule has 0 aromatic carbocycles. The maximum absolute atomic E-state index is 8.54. The van der Waals surface area contributed by atoms with E-state index in [9.17, 15) is 0 Å². The molecule has 0 unspecified atom stereocenters. The summed E-state index contributed by atoms with van der Waals surface area (Å²) in [6.45, 7) is 1.05. The molecule has 0 saturated carbocycles. The molecule has 1 radical (unpaired) electrons. The summed E-state index contributed by atoms with van der Waals surface area (Å²) >= 11 is 0. The minimum absolute atomic E-state index is 0.00645. The van der Waals surface area contributed by atoms with Gasteiger partial charge in [-0.3, -0.25) is 4.98 Å². The first-order valence-electron chi connectivity index (χ1n) is 6.52. The Morgan fingerprint density at radius 3 is 2.57 bits per heavy atom. The zero-order valence-electron chi connectivity index (χ0n) is 11.5. The van der Waals surface area contributed by atoms with Gasteiger partial charge < -0.3 is 14.6 Å². The molecule has 0 spiro atoms. The van der Waals surface area contributed by atoms with Crippen molar-refractivity contribution in [3.8, 4) is 6.01 Å². The van der Waals surface area contributed by atoms with E-state index in [0.717, 1.165) is 11.1 Å². The van der Waals surface area contributed by atoms with Crippen LogP contribution in [-0.2, 0) is 4.74 Å². The van der Waals surface area contributed by atoms with Gasteiger partial charge in [0.25, 0.3) is 0 Å². The first-order chi connectivity index (χ1) is 10.4. The molecule has 0 aliphatic carbocycles. The van der Waals surface area contributed by atoms with Crippen LogP contribution in [0.4, 0.5) is 0 Å². The van der Waals surface area contributed by atoms with E-state index in [1.54, 1.807) is 24.7 Å². The van der Waals surface area contributed by atoms with Crippen molar-refractivity contribution in [3.05, 3.63) is 48.0 Å². The van der Waals surface area contributed by atoms with Gasteiger partial charge in [-0.05, 0) is 11.6 Å². The molecule has 2 aromatic rings. The summed E-state index contributed by atoms with van der Waals surface area (Å²) < 4.78 is 10.4. The third kappa shape index (κ3) is 5.68. The molecule has 0 amide bonds. The number of hydrogen-bond acceptors (Lipinski definition) is 6. The Kier molecular flexibility index (Phi) is 6.31. The van der Waals surface area contributed by atoms with Crippen LogP contribution in [0.3, 0.4) is 0 Å². The first kappa shape index (κ1) is 15.1. The SMILES string of the molecule is OCCOCCOc1ncc(/C=C/c2cc[c]nc2)cn1. The van der Waals surface area contributed by atoms with Gasteiger partial charge in [-0.25, -0.2) is 9.97 Å². The number of hydrogen-bond donors (Lipinski definition) is 1. The fourth-order valence-corrected chi connectivity index (χ4v) is 1.47. The highest BCUT2D eigenvalue weighted by atomic mass is 16.5. The van der Waals surface area contributed by atoms with Gasteiger partial charge in [0.2, 0.25) is 0 Å². The average molecular weight is 286 g/mol. The summed E-state index contributed by atoms with van der Waals surface area (Å²) in [7, 11) is 0. The quantitative estimate of drug-likeness (QED) is 0.735. The summed E-state index contributed by atoms with van der Waals surface area (Å²) in [4.78, 5) is 12.1. The van der Waals surface area contributed by atoms with E-state index >= 15 is 0 Å². The molecule has 0 atom stereocenters. The van der Waals surface area contributed by atoms with Gasteiger partial charge in [-0.1, -0.05) is 18.2 Å². The van der Waals surface area contributed by atoms with Crippen molar-refractivity contribution >= 4 is 12.2 Å². The lowest BCUT2D eigenvalue weighted by Crippen LogP contribution is -2.10. The van der Waals surface area contributed by atoms with Crippen LogP contribution in [0.5, 0.6) is 6.01 Å². The molecule has 109 valence electrons. The number of rotatable bonds is 8. The Morgan fingerprint density at radius 2 is 1.86 bits per heavy atom. The Labute approximate surface area is 123 Å². The van der Waals surface area contributed by atoms with E-state index in [2.05, 4.69) is 21.1 Å². The van der Waals surface area contributed by atoms with Crippen LogP contribution in [0.25, 0.3) is 12.2 Å². The molecular formula is C15H16N3O3. The Bertz CT molecular complexity index is 544. The van der Waals surface area contributed by atoms with Crippen LogP contribution < -0.4 is 4.74 Å². The summed E-state index contributed by atoms with van der Waals surface area (Å²) in [5, 5.41) is 8.54. The van der Waals surface area contributed by atoms with Crippen molar-refractivity contribution < 1.29 is 14.6 Å². The van der Waals surface area contributed by atoms with E-state index in [4.69, 9.17) is 14.6 Å². The van der Waals surface area contributed by atoms with E-state index < -0.39 is 0 Å². The topological polar surface area (TPSA) is 77.4 Å². The number of aromatic nitrogens is 3. The number of nitrogens with zero attached hydrogens (tertiary/aromatic N) is 3. The zero-order valence-corrected chi connectivity index (χ0v) is 11.5. The van der Waals surface area contributed by atoms with Gasteiger partial charge in [0.1, 0.15) is 6.61 Å². The lowest BCUT2D eigenvalue weighted by molar-refractivity contribution is 0.0683. The van der Waals surface area contributed by atoms with E-state index in [-0.39, 0.29) is 6.61 Å². The number of pyridine rings is 1. The van der Waals surface area contributed by atoms with Crippen LogP contribution in [0, 0.1) is 6.20 Å². The number of aliphatic hydroxyl groups excluding tert-OH is 1. The van der Waals surface area contributed by atoms with Gasteiger partial charge in [0, 0.05) is 24.2 Å². The standard InChI is InChI=1S/C15H16N3O3/c19-6-7-20-8-9-21-15-17-11-14(12-18-15)4-3-13-2-1-5-16-10-13/h1-4,10-12,19H,6-9H2/b4-3+. The maximum Gasteiger partial charge on any atom is 0.316 e. The largest absolute Gasteiger partial charge is 0.461 e. The molecule has 6 heteroatoms. The fraction of sp³-hybridized carbons (Fsp3) is 0.267. The minimum Gasteiger partial charge on any atom is -0.461 e. The molecule has 2 aromatic heterocycles. The van der Waals surface area contributed by atoms with Crippen LogP contribution in [-0.4, -0.2) is 46.5 Å². The van der Waals surface area contributed by atoms with Crippen molar-refractivity contribution in [2.24, 2.45) is 0 Å². The number of aliphatic hydroxyl groups is 1. The number of ether oxygens (including phenoxy) is 2. The average Bonchev–Trinajstić information content (AvgIpc) is 2.55. The van der Waals surface area contributed by atoms with Crippen molar-refractivity contribution in [1.82, 2.24) is 15.0 Å². The predicted molar refractivity (Wildman–Crippen MR) is 77.4 cm³/mol. The summed E-state index contributed by atoms with van der Waals surface area (Å²) in [6, 6.07) is 3.97. The van der Waals surface area contributed by atoms with Crippen molar-refractivity contribution in [1.29, 1.82) is 0 Å². The normalized spacial score (nSPS) is 10.9. The Morgan fingerprint density at radius 1 is 1.05 bits per heavy atom. The second-order valence-corrected chi connectivity index (χ2v) is 4.04. The molecule has 1 N–H and O–H groups in total. The molecule has 0 aliphatic heterocycles. The molecule has 0 bridgehead atoms. The van der Waals surface area contributed by atoms with Gasteiger partial charge in [0.15, 0.2) is 0 Å². The Balaban J connectivity index is 1.80. The smallest absolute Gasteiger partial charge is 0.316 e. The van der Waals surface area contributed by atoms with Crippen molar-refractivity contribution in [2.75, 3.05) is 26.4 Å². The van der Waals surface area contributed by atoms with Crippen LogP contribution in [0.15, 0.2) is 30.7 Å². The highest BCUT2D eigenvalue weighted by molar-refractivity contribution is 5.68. The van der Waals surface area contributed by atoms with Gasteiger partial charge >= 0.3 is 6.01 Å². The third-order valence-corrected chi connectivity index (χ3v) is 2.45. The maximum atomic E-state index is 8.54. The monoisotopic (exact) mass is 286 g/mol. The molecule has 2 rings (SSSR count). The first-order valence-corrected chi connectivity index (χ1v) is 6.52. The molecule has 21 heavy (non-hydrogen) atoms. The Hall–Kier alpha value is -2.31. The van der Waals surface area contributed by atoms with Crippen LogP contribution >= 0.6 is 0 Å². The van der Waals surface area contributed by atoms with E-state index in [1.165, 1.54) is 0 Å². The second kappa shape index (κ2) is 8.78. The minimum atomic E-state index is 0.00645. The lowest BCUT2D eigenvalue weighted by Gasteiger charge is -2.04. The van der Waals surface area contributed by atoms with Crippen LogP contribution in [0.1, 0.15) is 11.1 Å². The van der Waals surface area contributed by atoms with E-state index in [1.807, 2.05) is 18.2 Å².